The van der Waals surface area contributed by atoms with Crippen LogP contribution in [0.2, 0.25) is 0 Å². The number of aromatic amines is 1. The Kier molecular flexibility index (Phi) is 2.78. The van der Waals surface area contributed by atoms with Crippen molar-refractivity contribution in [2.45, 2.75) is 18.9 Å². The Morgan fingerprint density at radius 1 is 1.43 bits per heavy atom. The van der Waals surface area contributed by atoms with Gasteiger partial charge in [0.05, 0.1) is 12.4 Å². The lowest BCUT2D eigenvalue weighted by Crippen LogP contribution is -2.34. The minimum atomic E-state index is -0.177. The number of hydrogen-bond acceptors (Lipinski definition) is 4. The third-order valence-electron chi connectivity index (χ3n) is 2.23. The lowest BCUT2D eigenvalue weighted by Gasteiger charge is -2.22. The molecule has 1 aromatic rings. The van der Waals surface area contributed by atoms with Gasteiger partial charge in [-0.15, -0.1) is 0 Å². The molecular formula is C9H13N3O2. The van der Waals surface area contributed by atoms with E-state index >= 15 is 0 Å². The number of nitrogens with one attached hydrogen (secondary N) is 2. The van der Waals surface area contributed by atoms with Crippen molar-refractivity contribution in [3.05, 3.63) is 22.7 Å². The van der Waals surface area contributed by atoms with Crippen LogP contribution in [0.25, 0.3) is 0 Å². The van der Waals surface area contributed by atoms with Crippen molar-refractivity contribution in [2.75, 3.05) is 13.1 Å². The van der Waals surface area contributed by atoms with E-state index in [1.807, 2.05) is 0 Å². The fraction of sp³-hybridized carbons (Fsp3) is 0.556. The maximum absolute atomic E-state index is 10.9. The molecule has 0 aromatic carbocycles. The normalized spacial score (nSPS) is 18.0. The first-order valence-electron chi connectivity index (χ1n) is 4.77. The zero-order chi connectivity index (χ0) is 9.80. The topological polar surface area (TPSA) is 67.0 Å². The first kappa shape index (κ1) is 9.21. The fourth-order valence-electron chi connectivity index (χ4n) is 1.50. The SMILES string of the molecule is O=c1cc(OC2CCNCC2)nc[nH]1. The van der Waals surface area contributed by atoms with Crippen molar-refractivity contribution in [3.8, 4) is 5.88 Å². The van der Waals surface area contributed by atoms with Crippen LogP contribution in [0.1, 0.15) is 12.8 Å². The molecule has 1 aliphatic rings. The molecule has 0 amide bonds. The predicted octanol–water partition coefficient (Wildman–Crippen LogP) is -0.0993. The predicted molar refractivity (Wildman–Crippen MR) is 51.4 cm³/mol. The van der Waals surface area contributed by atoms with Crippen molar-refractivity contribution < 1.29 is 4.74 Å². The molecule has 0 spiro atoms. The van der Waals surface area contributed by atoms with Crippen LogP contribution in [-0.4, -0.2) is 29.2 Å². The van der Waals surface area contributed by atoms with Crippen molar-refractivity contribution in [2.24, 2.45) is 0 Å². The Labute approximate surface area is 81.5 Å². The van der Waals surface area contributed by atoms with Crippen LogP contribution >= 0.6 is 0 Å². The molecule has 1 saturated heterocycles. The van der Waals surface area contributed by atoms with Gasteiger partial charge in [-0.1, -0.05) is 0 Å². The summed E-state index contributed by atoms with van der Waals surface area (Å²) in [6.45, 7) is 1.93. The second-order valence-electron chi connectivity index (χ2n) is 3.32. The third kappa shape index (κ3) is 2.32. The van der Waals surface area contributed by atoms with Crippen molar-refractivity contribution in [1.82, 2.24) is 15.3 Å². The average molecular weight is 195 g/mol. The Morgan fingerprint density at radius 2 is 2.21 bits per heavy atom. The number of ether oxygens (including phenoxy) is 1. The van der Waals surface area contributed by atoms with Crippen molar-refractivity contribution in [1.29, 1.82) is 0 Å². The number of aromatic nitrogens is 2. The minimum absolute atomic E-state index is 0.177. The lowest BCUT2D eigenvalue weighted by atomic mass is 10.1. The van der Waals surface area contributed by atoms with Crippen LogP contribution in [0.15, 0.2) is 17.2 Å². The molecule has 0 saturated carbocycles. The van der Waals surface area contributed by atoms with Gasteiger partial charge in [0.25, 0.3) is 5.56 Å². The summed E-state index contributed by atoms with van der Waals surface area (Å²) < 4.78 is 5.56. The van der Waals surface area contributed by atoms with Crippen LogP contribution in [0, 0.1) is 0 Å². The molecule has 0 bridgehead atoms. The summed E-state index contributed by atoms with van der Waals surface area (Å²) in [4.78, 5) is 17.3. The van der Waals surface area contributed by atoms with Gasteiger partial charge in [-0.2, -0.15) is 0 Å². The van der Waals surface area contributed by atoms with E-state index in [1.54, 1.807) is 0 Å². The summed E-state index contributed by atoms with van der Waals surface area (Å²) in [5, 5.41) is 3.24. The highest BCUT2D eigenvalue weighted by atomic mass is 16.5. The average Bonchev–Trinajstić information content (AvgIpc) is 2.19. The van der Waals surface area contributed by atoms with E-state index in [2.05, 4.69) is 15.3 Å². The Bertz CT molecular complexity index is 344. The molecule has 76 valence electrons. The molecule has 2 N–H and O–H groups in total. The Hall–Kier alpha value is -1.36. The summed E-state index contributed by atoms with van der Waals surface area (Å²) >= 11 is 0. The maximum Gasteiger partial charge on any atom is 0.254 e. The molecule has 5 heteroatoms. The summed E-state index contributed by atoms with van der Waals surface area (Å²) in [5.74, 6) is 0.417. The highest BCUT2D eigenvalue weighted by molar-refractivity contribution is 5.05. The molecule has 0 atom stereocenters. The molecule has 2 heterocycles. The van der Waals surface area contributed by atoms with Crippen LogP contribution in [0.5, 0.6) is 5.88 Å². The summed E-state index contributed by atoms with van der Waals surface area (Å²) in [6.07, 6.45) is 3.48. The second kappa shape index (κ2) is 4.23. The monoisotopic (exact) mass is 195 g/mol. The van der Waals surface area contributed by atoms with E-state index in [1.165, 1.54) is 12.4 Å². The van der Waals surface area contributed by atoms with E-state index in [9.17, 15) is 4.79 Å². The van der Waals surface area contributed by atoms with E-state index in [-0.39, 0.29) is 11.7 Å². The van der Waals surface area contributed by atoms with Crippen LogP contribution < -0.4 is 15.6 Å². The van der Waals surface area contributed by atoms with Gasteiger partial charge in [0.15, 0.2) is 0 Å². The maximum atomic E-state index is 10.9. The smallest absolute Gasteiger partial charge is 0.254 e. The quantitative estimate of drug-likeness (QED) is 0.691. The molecule has 0 aliphatic carbocycles. The first-order valence-corrected chi connectivity index (χ1v) is 4.77. The van der Waals surface area contributed by atoms with Gasteiger partial charge < -0.3 is 15.0 Å². The van der Waals surface area contributed by atoms with E-state index in [0.717, 1.165) is 25.9 Å². The standard InChI is InChI=1S/C9H13N3O2/c13-8-5-9(12-6-11-8)14-7-1-3-10-4-2-7/h5-7,10H,1-4H2,(H,11,12,13). The van der Waals surface area contributed by atoms with Gasteiger partial charge in [0.2, 0.25) is 5.88 Å². The van der Waals surface area contributed by atoms with Gasteiger partial charge in [-0.3, -0.25) is 4.79 Å². The molecule has 1 aromatic heterocycles. The highest BCUT2D eigenvalue weighted by Crippen LogP contribution is 2.10. The van der Waals surface area contributed by atoms with Crippen LogP contribution in [0.4, 0.5) is 0 Å². The zero-order valence-corrected chi connectivity index (χ0v) is 7.82. The fourth-order valence-corrected chi connectivity index (χ4v) is 1.50. The van der Waals surface area contributed by atoms with Gasteiger partial charge in [0.1, 0.15) is 6.10 Å². The third-order valence-corrected chi connectivity index (χ3v) is 2.23. The zero-order valence-electron chi connectivity index (χ0n) is 7.82. The van der Waals surface area contributed by atoms with Gasteiger partial charge >= 0.3 is 0 Å². The Morgan fingerprint density at radius 3 is 2.93 bits per heavy atom. The molecule has 5 nitrogen and oxygen atoms in total. The van der Waals surface area contributed by atoms with Crippen LogP contribution in [-0.2, 0) is 0 Å². The van der Waals surface area contributed by atoms with Gasteiger partial charge in [-0.05, 0) is 25.9 Å². The summed E-state index contributed by atoms with van der Waals surface area (Å²) in [7, 11) is 0. The van der Waals surface area contributed by atoms with E-state index < -0.39 is 0 Å². The molecule has 1 aliphatic heterocycles. The molecule has 0 radical (unpaired) electrons. The number of rotatable bonds is 2. The second-order valence-corrected chi connectivity index (χ2v) is 3.32. The number of nitrogens with zero attached hydrogens (tertiary/aromatic N) is 1. The molecular weight excluding hydrogens is 182 g/mol. The highest BCUT2D eigenvalue weighted by Gasteiger charge is 2.14. The number of hydrogen-bond donors (Lipinski definition) is 2. The van der Waals surface area contributed by atoms with Crippen LogP contribution in [0.3, 0.4) is 0 Å². The van der Waals surface area contributed by atoms with E-state index in [0.29, 0.717) is 5.88 Å². The molecule has 1 fully saturated rings. The van der Waals surface area contributed by atoms with E-state index in [4.69, 9.17) is 4.74 Å². The van der Waals surface area contributed by atoms with Crippen molar-refractivity contribution >= 4 is 0 Å². The largest absolute Gasteiger partial charge is 0.474 e. The summed E-state index contributed by atoms with van der Waals surface area (Å²) in [5.41, 5.74) is -0.177. The first-order chi connectivity index (χ1) is 6.84. The molecule has 0 unspecified atom stereocenters. The van der Waals surface area contributed by atoms with Crippen molar-refractivity contribution in [3.63, 3.8) is 0 Å². The lowest BCUT2D eigenvalue weighted by molar-refractivity contribution is 0.155. The molecule has 2 rings (SSSR count). The minimum Gasteiger partial charge on any atom is -0.474 e. The molecule has 14 heavy (non-hydrogen) atoms. The number of piperidine rings is 1. The van der Waals surface area contributed by atoms with Gasteiger partial charge in [-0.25, -0.2) is 4.98 Å². The summed E-state index contributed by atoms with van der Waals surface area (Å²) in [6, 6.07) is 1.38. The van der Waals surface area contributed by atoms with Gasteiger partial charge in [0, 0.05) is 0 Å². The Balaban J connectivity index is 1.99. The number of H-pyrrole nitrogens is 1.